The summed E-state index contributed by atoms with van der Waals surface area (Å²) in [4.78, 5) is 38.3. The summed E-state index contributed by atoms with van der Waals surface area (Å²) in [6, 6.07) is 20.8. The van der Waals surface area contributed by atoms with E-state index in [-0.39, 0.29) is 22.1 Å². The predicted molar refractivity (Wildman–Crippen MR) is 141 cm³/mol. The zero-order valence-electron chi connectivity index (χ0n) is 19.2. The minimum atomic E-state index is -0.493. The fourth-order valence-electron chi connectivity index (χ4n) is 3.56. The van der Waals surface area contributed by atoms with E-state index >= 15 is 0 Å². The maximum atomic E-state index is 13.3. The number of carbonyl (C=O) groups excluding carboxylic acids is 2. The third-order valence-corrected chi connectivity index (χ3v) is 5.61. The highest BCUT2D eigenvalue weighted by atomic mass is 35.5. The molecule has 0 unspecified atom stereocenters. The topological polar surface area (TPSA) is 141 Å². The van der Waals surface area contributed by atoms with E-state index in [2.05, 4.69) is 30.7 Å². The number of benzene rings is 2. The van der Waals surface area contributed by atoms with Gasteiger partial charge in [-0.3, -0.25) is 9.59 Å². The molecule has 0 saturated heterocycles. The number of nitrogens with two attached hydrogens (primary N) is 1. The van der Waals surface area contributed by atoms with Crippen LogP contribution in [0.5, 0.6) is 0 Å². The molecule has 4 N–H and O–H groups in total. The molecule has 3 aromatic heterocycles. The van der Waals surface area contributed by atoms with Crippen LogP contribution in [0.4, 0.5) is 17.3 Å². The van der Waals surface area contributed by atoms with E-state index in [0.717, 1.165) is 0 Å². The summed E-state index contributed by atoms with van der Waals surface area (Å²) in [6.45, 7) is 0. The van der Waals surface area contributed by atoms with Crippen molar-refractivity contribution < 1.29 is 9.59 Å². The molecule has 0 aliphatic heterocycles. The molecule has 11 heteroatoms. The average molecular weight is 511 g/mol. The van der Waals surface area contributed by atoms with Crippen molar-refractivity contribution in [1.29, 1.82) is 0 Å². The molecule has 2 aromatic carbocycles. The predicted octanol–water partition coefficient (Wildman–Crippen LogP) is 4.46. The van der Waals surface area contributed by atoms with Crippen molar-refractivity contribution in [3.63, 3.8) is 0 Å². The Labute approximate surface area is 216 Å². The van der Waals surface area contributed by atoms with Crippen molar-refractivity contribution >= 4 is 40.7 Å². The van der Waals surface area contributed by atoms with Gasteiger partial charge in [0.1, 0.15) is 18.0 Å². The fourth-order valence-corrected chi connectivity index (χ4v) is 3.76. The van der Waals surface area contributed by atoms with Gasteiger partial charge in [-0.05, 0) is 36.4 Å². The summed E-state index contributed by atoms with van der Waals surface area (Å²) >= 11 is 6.37. The highest BCUT2D eigenvalue weighted by Crippen LogP contribution is 2.26. The van der Waals surface area contributed by atoms with Gasteiger partial charge in [0.2, 0.25) is 0 Å². The van der Waals surface area contributed by atoms with Crippen molar-refractivity contribution in [2.75, 3.05) is 16.4 Å². The van der Waals surface area contributed by atoms with Crippen LogP contribution in [0.25, 0.3) is 16.9 Å². The van der Waals surface area contributed by atoms with Gasteiger partial charge in [0, 0.05) is 11.6 Å². The van der Waals surface area contributed by atoms with Gasteiger partial charge in [0.25, 0.3) is 11.8 Å². The third-order valence-electron chi connectivity index (χ3n) is 5.28. The van der Waals surface area contributed by atoms with E-state index in [1.807, 2.05) is 18.2 Å². The largest absolute Gasteiger partial charge is 0.384 e. The second-order valence-corrected chi connectivity index (χ2v) is 8.25. The molecule has 0 bridgehead atoms. The zero-order valence-corrected chi connectivity index (χ0v) is 19.9. The minimum absolute atomic E-state index is 0.0758. The van der Waals surface area contributed by atoms with Gasteiger partial charge < -0.3 is 16.4 Å². The van der Waals surface area contributed by atoms with Crippen LogP contribution in [-0.4, -0.2) is 36.5 Å². The van der Waals surface area contributed by atoms with E-state index in [0.29, 0.717) is 28.5 Å². The highest BCUT2D eigenvalue weighted by molar-refractivity contribution is 6.34. The molecule has 0 spiro atoms. The second kappa shape index (κ2) is 10.3. The number of nitrogens with zero attached hydrogens (tertiary/aromatic N) is 5. The number of nitrogens with one attached hydrogen (secondary N) is 2. The third kappa shape index (κ3) is 5.29. The number of para-hydroxylation sites is 1. The van der Waals surface area contributed by atoms with Gasteiger partial charge in [0.05, 0.1) is 40.0 Å². The standard InChI is InChI=1S/C26H19ClN8O2/c27-20-10-9-16(21-7-4-8-23(28)32-21)11-19(20)25(36)33-24-12-22(26(37)31-17-13-29-15-30-14-17)34-35(24)18-5-2-1-3-6-18/h1-15H,(H2,28,32)(H,31,37)(H,33,36). The van der Waals surface area contributed by atoms with E-state index in [4.69, 9.17) is 17.3 Å². The van der Waals surface area contributed by atoms with Crippen LogP contribution in [0.1, 0.15) is 20.8 Å². The Balaban J connectivity index is 1.47. The van der Waals surface area contributed by atoms with Crippen LogP contribution in [-0.2, 0) is 0 Å². The van der Waals surface area contributed by atoms with Crippen LogP contribution in [0.3, 0.4) is 0 Å². The number of aromatic nitrogens is 5. The molecular weight excluding hydrogens is 492 g/mol. The summed E-state index contributed by atoms with van der Waals surface area (Å²) in [5, 5.41) is 10.2. The molecule has 0 aliphatic carbocycles. The summed E-state index contributed by atoms with van der Waals surface area (Å²) in [6.07, 6.45) is 4.29. The quantitative estimate of drug-likeness (QED) is 0.306. The molecule has 182 valence electrons. The first-order valence-electron chi connectivity index (χ1n) is 11.0. The van der Waals surface area contributed by atoms with Gasteiger partial charge in [-0.15, -0.1) is 0 Å². The Hall–Kier alpha value is -5.09. The number of carbonyl (C=O) groups is 2. The first kappa shape index (κ1) is 23.6. The van der Waals surface area contributed by atoms with Gasteiger partial charge >= 0.3 is 0 Å². The summed E-state index contributed by atoms with van der Waals surface area (Å²) in [5.74, 6) is -0.351. The van der Waals surface area contributed by atoms with Gasteiger partial charge in [-0.1, -0.05) is 41.9 Å². The number of hydrogen-bond acceptors (Lipinski definition) is 7. The van der Waals surface area contributed by atoms with Crippen molar-refractivity contribution in [2.24, 2.45) is 0 Å². The normalized spacial score (nSPS) is 10.6. The van der Waals surface area contributed by atoms with Crippen molar-refractivity contribution in [3.05, 3.63) is 108 Å². The van der Waals surface area contributed by atoms with Crippen LogP contribution in [0, 0.1) is 0 Å². The molecule has 0 saturated carbocycles. The Morgan fingerprint density at radius 3 is 2.41 bits per heavy atom. The number of rotatable bonds is 6. The molecule has 5 rings (SSSR count). The maximum Gasteiger partial charge on any atom is 0.276 e. The van der Waals surface area contributed by atoms with Gasteiger partial charge in [-0.25, -0.2) is 19.6 Å². The SMILES string of the molecule is Nc1cccc(-c2ccc(Cl)c(C(=O)Nc3cc(C(=O)Nc4cncnc4)nn3-c3ccccc3)c2)n1. The number of hydrogen-bond donors (Lipinski definition) is 3. The molecule has 0 atom stereocenters. The summed E-state index contributed by atoms with van der Waals surface area (Å²) in [7, 11) is 0. The van der Waals surface area contributed by atoms with Crippen molar-refractivity contribution in [2.45, 2.75) is 0 Å². The molecule has 0 aliphatic rings. The lowest BCUT2D eigenvalue weighted by Gasteiger charge is -2.11. The van der Waals surface area contributed by atoms with E-state index in [1.165, 1.54) is 29.5 Å². The zero-order chi connectivity index (χ0) is 25.8. The lowest BCUT2D eigenvalue weighted by Crippen LogP contribution is -2.16. The number of anilines is 3. The smallest absolute Gasteiger partial charge is 0.276 e. The van der Waals surface area contributed by atoms with Crippen LogP contribution in [0.2, 0.25) is 5.02 Å². The van der Waals surface area contributed by atoms with E-state index in [1.54, 1.807) is 48.5 Å². The monoisotopic (exact) mass is 510 g/mol. The molecule has 0 fully saturated rings. The Morgan fingerprint density at radius 2 is 1.65 bits per heavy atom. The minimum Gasteiger partial charge on any atom is -0.384 e. The Morgan fingerprint density at radius 1 is 0.865 bits per heavy atom. The number of amides is 2. The lowest BCUT2D eigenvalue weighted by molar-refractivity contribution is 0.101. The number of halogens is 1. The van der Waals surface area contributed by atoms with E-state index < -0.39 is 11.8 Å². The van der Waals surface area contributed by atoms with Crippen LogP contribution >= 0.6 is 11.6 Å². The molecular formula is C26H19ClN8O2. The average Bonchev–Trinajstić information content (AvgIpc) is 3.34. The van der Waals surface area contributed by atoms with Crippen molar-refractivity contribution in [3.8, 4) is 16.9 Å². The molecule has 3 heterocycles. The highest BCUT2D eigenvalue weighted by Gasteiger charge is 2.20. The molecule has 0 radical (unpaired) electrons. The van der Waals surface area contributed by atoms with Crippen molar-refractivity contribution in [1.82, 2.24) is 24.7 Å². The van der Waals surface area contributed by atoms with Gasteiger partial charge in [-0.2, -0.15) is 5.10 Å². The fraction of sp³-hybridized carbons (Fsp3) is 0. The van der Waals surface area contributed by atoms with Crippen LogP contribution in [0.15, 0.2) is 91.5 Å². The first-order chi connectivity index (χ1) is 18.0. The van der Waals surface area contributed by atoms with Gasteiger partial charge in [0.15, 0.2) is 5.69 Å². The lowest BCUT2D eigenvalue weighted by atomic mass is 10.1. The van der Waals surface area contributed by atoms with E-state index in [9.17, 15) is 9.59 Å². The molecule has 10 nitrogen and oxygen atoms in total. The summed E-state index contributed by atoms with van der Waals surface area (Å²) < 4.78 is 1.46. The number of nitrogen functional groups attached to an aromatic ring is 1. The number of pyridine rings is 1. The Kier molecular flexibility index (Phi) is 6.56. The maximum absolute atomic E-state index is 13.3. The second-order valence-electron chi connectivity index (χ2n) is 7.84. The van der Waals surface area contributed by atoms with Crippen LogP contribution < -0.4 is 16.4 Å². The molecule has 5 aromatic rings. The molecule has 2 amide bonds. The molecule has 37 heavy (non-hydrogen) atoms. The summed E-state index contributed by atoms with van der Waals surface area (Å²) in [5.41, 5.74) is 8.42. The first-order valence-corrected chi connectivity index (χ1v) is 11.4. The Bertz CT molecular complexity index is 1590.